The number of hydrogen-bond donors (Lipinski definition) is 1. The van der Waals surface area contributed by atoms with E-state index in [0.717, 1.165) is 37.1 Å². The molecule has 0 aromatic heterocycles. The number of para-hydroxylation sites is 1. The van der Waals surface area contributed by atoms with Gasteiger partial charge in [-0.3, -0.25) is 9.59 Å². The van der Waals surface area contributed by atoms with Crippen molar-refractivity contribution in [3.05, 3.63) is 63.6 Å². The van der Waals surface area contributed by atoms with Crippen molar-refractivity contribution in [3.8, 4) is 5.75 Å². The Labute approximate surface area is 193 Å². The van der Waals surface area contributed by atoms with Crippen LogP contribution in [0.4, 0.5) is 0 Å². The Kier molecular flexibility index (Phi) is 8.61. The van der Waals surface area contributed by atoms with Crippen LogP contribution in [-0.4, -0.2) is 36.4 Å². The maximum atomic E-state index is 12.6. The molecule has 0 bridgehead atoms. The third-order valence-electron chi connectivity index (χ3n) is 5.50. The summed E-state index contributed by atoms with van der Waals surface area (Å²) in [4.78, 5) is 26.8. The SMILES string of the molecule is CCC(NC(=O)CCc1cccc(Cl)c1Cl)c1ccccc1OCC(=O)N1CCCC1. The molecule has 1 aliphatic heterocycles. The molecule has 1 aliphatic rings. The van der Waals surface area contributed by atoms with E-state index in [0.29, 0.717) is 35.1 Å². The van der Waals surface area contributed by atoms with Crippen LogP contribution in [0.1, 0.15) is 49.8 Å². The van der Waals surface area contributed by atoms with Gasteiger partial charge in [-0.2, -0.15) is 0 Å². The minimum absolute atomic E-state index is 0.00258. The van der Waals surface area contributed by atoms with Gasteiger partial charge in [0.15, 0.2) is 6.61 Å². The molecule has 31 heavy (non-hydrogen) atoms. The van der Waals surface area contributed by atoms with E-state index >= 15 is 0 Å². The van der Waals surface area contributed by atoms with E-state index in [-0.39, 0.29) is 24.5 Å². The molecule has 2 amide bonds. The first kappa shape index (κ1) is 23.4. The zero-order valence-corrected chi connectivity index (χ0v) is 19.2. The third-order valence-corrected chi connectivity index (χ3v) is 6.36. The molecule has 1 N–H and O–H groups in total. The van der Waals surface area contributed by atoms with Gasteiger partial charge in [-0.15, -0.1) is 0 Å². The fourth-order valence-corrected chi connectivity index (χ4v) is 4.17. The summed E-state index contributed by atoms with van der Waals surface area (Å²) in [5.41, 5.74) is 1.72. The molecule has 0 aliphatic carbocycles. The molecule has 7 heteroatoms. The number of amides is 2. The normalized spacial score (nSPS) is 14.4. The minimum Gasteiger partial charge on any atom is -0.483 e. The van der Waals surface area contributed by atoms with Crippen LogP contribution in [0.15, 0.2) is 42.5 Å². The number of benzene rings is 2. The quantitative estimate of drug-likeness (QED) is 0.557. The lowest BCUT2D eigenvalue weighted by Gasteiger charge is -2.22. The van der Waals surface area contributed by atoms with Crippen LogP contribution in [-0.2, 0) is 16.0 Å². The summed E-state index contributed by atoms with van der Waals surface area (Å²) in [5, 5.41) is 4.06. The van der Waals surface area contributed by atoms with Gasteiger partial charge >= 0.3 is 0 Å². The number of carbonyl (C=O) groups excluding carboxylic acids is 2. The van der Waals surface area contributed by atoms with Gasteiger partial charge in [-0.1, -0.05) is 60.5 Å². The van der Waals surface area contributed by atoms with Gasteiger partial charge in [0, 0.05) is 25.1 Å². The van der Waals surface area contributed by atoms with Crippen molar-refractivity contribution in [2.45, 2.75) is 45.1 Å². The van der Waals surface area contributed by atoms with Gasteiger partial charge in [0.1, 0.15) is 5.75 Å². The molecular formula is C24H28Cl2N2O3. The highest BCUT2D eigenvalue weighted by atomic mass is 35.5. The van der Waals surface area contributed by atoms with E-state index in [1.165, 1.54) is 0 Å². The van der Waals surface area contributed by atoms with E-state index in [9.17, 15) is 9.59 Å². The molecule has 166 valence electrons. The van der Waals surface area contributed by atoms with Crippen LogP contribution in [0.25, 0.3) is 0 Å². The first-order valence-electron chi connectivity index (χ1n) is 10.7. The van der Waals surface area contributed by atoms with Crippen LogP contribution in [0.3, 0.4) is 0 Å². The summed E-state index contributed by atoms with van der Waals surface area (Å²) < 4.78 is 5.86. The molecule has 0 saturated carbocycles. The second-order valence-corrected chi connectivity index (χ2v) is 8.44. The van der Waals surface area contributed by atoms with Gasteiger partial charge in [0.05, 0.1) is 16.1 Å². The van der Waals surface area contributed by atoms with Gasteiger partial charge < -0.3 is 15.0 Å². The fourth-order valence-electron chi connectivity index (χ4n) is 3.75. The molecule has 0 radical (unpaired) electrons. The van der Waals surface area contributed by atoms with Gasteiger partial charge in [-0.25, -0.2) is 0 Å². The highest BCUT2D eigenvalue weighted by Gasteiger charge is 2.21. The van der Waals surface area contributed by atoms with Crippen molar-refractivity contribution in [3.63, 3.8) is 0 Å². The third kappa shape index (κ3) is 6.37. The smallest absolute Gasteiger partial charge is 0.260 e. The van der Waals surface area contributed by atoms with Crippen molar-refractivity contribution in [1.29, 1.82) is 0 Å². The predicted molar refractivity (Wildman–Crippen MR) is 124 cm³/mol. The molecule has 2 aromatic carbocycles. The predicted octanol–water partition coefficient (Wildman–Crippen LogP) is 5.19. The highest BCUT2D eigenvalue weighted by Crippen LogP contribution is 2.29. The Morgan fingerprint density at radius 2 is 1.84 bits per heavy atom. The number of hydrogen-bond acceptors (Lipinski definition) is 3. The van der Waals surface area contributed by atoms with Crippen LogP contribution < -0.4 is 10.1 Å². The van der Waals surface area contributed by atoms with E-state index in [2.05, 4.69) is 5.32 Å². The van der Waals surface area contributed by atoms with Crippen LogP contribution in [0.2, 0.25) is 10.0 Å². The number of carbonyl (C=O) groups is 2. The average Bonchev–Trinajstić information content (AvgIpc) is 3.32. The summed E-state index contributed by atoms with van der Waals surface area (Å²) in [7, 11) is 0. The van der Waals surface area contributed by atoms with Gasteiger partial charge in [0.25, 0.3) is 5.91 Å². The van der Waals surface area contributed by atoms with Crippen LogP contribution >= 0.6 is 23.2 Å². The van der Waals surface area contributed by atoms with Crippen molar-refractivity contribution in [1.82, 2.24) is 10.2 Å². The standard InChI is InChI=1S/C24H28Cl2N2O3/c1-2-20(27-22(29)13-12-17-8-7-10-19(25)24(17)26)18-9-3-4-11-21(18)31-16-23(30)28-14-5-6-15-28/h3-4,7-11,20H,2,5-6,12-16H2,1H3,(H,27,29). The fraction of sp³-hybridized carbons (Fsp3) is 0.417. The lowest BCUT2D eigenvalue weighted by atomic mass is 10.0. The lowest BCUT2D eigenvalue weighted by Crippen LogP contribution is -2.32. The summed E-state index contributed by atoms with van der Waals surface area (Å²) >= 11 is 12.3. The molecule has 5 nitrogen and oxygen atoms in total. The van der Waals surface area contributed by atoms with E-state index in [1.807, 2.05) is 48.2 Å². The topological polar surface area (TPSA) is 58.6 Å². The first-order valence-corrected chi connectivity index (χ1v) is 11.5. The number of nitrogens with zero attached hydrogens (tertiary/aromatic N) is 1. The summed E-state index contributed by atoms with van der Waals surface area (Å²) in [6.07, 6.45) is 3.60. The van der Waals surface area contributed by atoms with Crippen molar-refractivity contribution in [2.24, 2.45) is 0 Å². The molecule has 1 atom stereocenters. The van der Waals surface area contributed by atoms with E-state index in [4.69, 9.17) is 27.9 Å². The van der Waals surface area contributed by atoms with Crippen molar-refractivity contribution >= 4 is 35.0 Å². The monoisotopic (exact) mass is 462 g/mol. The molecule has 1 heterocycles. The Morgan fingerprint density at radius 3 is 2.58 bits per heavy atom. The summed E-state index contributed by atoms with van der Waals surface area (Å²) in [6.45, 7) is 3.61. The molecule has 1 saturated heterocycles. The van der Waals surface area contributed by atoms with Crippen LogP contribution in [0.5, 0.6) is 5.75 Å². The minimum atomic E-state index is -0.208. The zero-order valence-electron chi connectivity index (χ0n) is 17.7. The molecule has 0 spiro atoms. The Hall–Kier alpha value is -2.24. The van der Waals surface area contributed by atoms with Gasteiger partial charge in [0.2, 0.25) is 5.91 Å². The van der Waals surface area contributed by atoms with E-state index < -0.39 is 0 Å². The molecular weight excluding hydrogens is 435 g/mol. The molecule has 1 fully saturated rings. The van der Waals surface area contributed by atoms with Crippen molar-refractivity contribution < 1.29 is 14.3 Å². The number of likely N-dealkylation sites (tertiary alicyclic amines) is 1. The second kappa shape index (κ2) is 11.4. The Balaban J connectivity index is 1.60. The summed E-state index contributed by atoms with van der Waals surface area (Å²) in [5.74, 6) is 0.550. The maximum absolute atomic E-state index is 12.6. The Bertz CT molecular complexity index is 913. The largest absolute Gasteiger partial charge is 0.483 e. The van der Waals surface area contributed by atoms with E-state index in [1.54, 1.807) is 6.07 Å². The molecule has 1 unspecified atom stereocenters. The molecule has 2 aromatic rings. The average molecular weight is 463 g/mol. The van der Waals surface area contributed by atoms with Gasteiger partial charge in [-0.05, 0) is 43.4 Å². The number of halogens is 2. The van der Waals surface area contributed by atoms with Crippen LogP contribution in [0, 0.1) is 0 Å². The zero-order chi connectivity index (χ0) is 22.2. The first-order chi connectivity index (χ1) is 15.0. The Morgan fingerprint density at radius 1 is 1.10 bits per heavy atom. The van der Waals surface area contributed by atoms with Crippen molar-refractivity contribution in [2.75, 3.05) is 19.7 Å². The molecule has 3 rings (SSSR count). The number of nitrogens with one attached hydrogen (secondary N) is 1. The second-order valence-electron chi connectivity index (χ2n) is 7.66. The number of rotatable bonds is 9. The highest BCUT2D eigenvalue weighted by molar-refractivity contribution is 6.42. The number of aryl methyl sites for hydroxylation is 1. The summed E-state index contributed by atoms with van der Waals surface area (Å²) in [6, 6.07) is 12.8. The lowest BCUT2D eigenvalue weighted by molar-refractivity contribution is -0.132. The maximum Gasteiger partial charge on any atom is 0.260 e. The number of ether oxygens (including phenoxy) is 1.